The number of pyridine rings is 2. The molecule has 2 atom stereocenters. The minimum absolute atomic E-state index is 0.155. The fourth-order valence-corrected chi connectivity index (χ4v) is 5.99. The predicted molar refractivity (Wildman–Crippen MR) is 156 cm³/mol. The first-order valence-electron chi connectivity index (χ1n) is 13.6. The number of likely N-dealkylation sites (N-methyl/N-ethyl adjacent to an activating group) is 1. The van der Waals surface area contributed by atoms with Crippen molar-refractivity contribution in [2.24, 2.45) is 11.8 Å². The fraction of sp³-hybridized carbons (Fsp3) is 0.433. The lowest BCUT2D eigenvalue weighted by atomic mass is 9.81. The number of rotatable bonds is 6. The van der Waals surface area contributed by atoms with Gasteiger partial charge in [-0.15, -0.1) is 0 Å². The number of allylic oxidation sites excluding steroid dienone is 3. The smallest absolute Gasteiger partial charge is 0.253 e. The first kappa shape index (κ1) is 27.2. The van der Waals surface area contributed by atoms with Crippen LogP contribution in [0.25, 0.3) is 5.57 Å². The average Bonchev–Trinajstić information content (AvgIpc) is 3.24. The second-order valence-electron chi connectivity index (χ2n) is 11.1. The van der Waals surface area contributed by atoms with Gasteiger partial charge in [-0.05, 0) is 75.7 Å². The molecule has 0 saturated carbocycles. The molecule has 206 valence electrons. The van der Waals surface area contributed by atoms with Gasteiger partial charge >= 0.3 is 0 Å². The SMILES string of the molecule is Cc1cc(C)c(CNC(=O)C2C=C(c3ccc(N4CCN(C)CC4)nc3)C=C3[C@@H]2C(Cl)=CN3C(C)C)c(=O)[nH]1. The van der Waals surface area contributed by atoms with Gasteiger partial charge in [-0.25, -0.2) is 4.98 Å². The summed E-state index contributed by atoms with van der Waals surface area (Å²) < 4.78 is 0. The van der Waals surface area contributed by atoms with E-state index in [2.05, 4.69) is 64.1 Å². The Hall–Kier alpha value is -3.36. The van der Waals surface area contributed by atoms with Gasteiger partial charge in [0.2, 0.25) is 5.91 Å². The number of aromatic nitrogens is 2. The molecule has 3 aliphatic rings. The van der Waals surface area contributed by atoms with Crippen LogP contribution in [0.15, 0.2) is 58.3 Å². The van der Waals surface area contributed by atoms with E-state index in [1.165, 1.54) is 0 Å². The summed E-state index contributed by atoms with van der Waals surface area (Å²) in [5.41, 5.74) is 4.93. The average molecular weight is 549 g/mol. The normalized spacial score (nSPS) is 21.5. The number of fused-ring (bicyclic) bond motifs is 1. The zero-order valence-corrected chi connectivity index (χ0v) is 24.0. The van der Waals surface area contributed by atoms with Gasteiger partial charge < -0.3 is 25.0 Å². The number of halogens is 1. The third-order valence-corrected chi connectivity index (χ3v) is 8.23. The Balaban J connectivity index is 1.42. The highest BCUT2D eigenvalue weighted by Gasteiger charge is 2.41. The van der Waals surface area contributed by atoms with E-state index in [1.54, 1.807) is 0 Å². The van der Waals surface area contributed by atoms with Crippen molar-refractivity contribution in [3.63, 3.8) is 0 Å². The Kier molecular flexibility index (Phi) is 7.69. The van der Waals surface area contributed by atoms with E-state index >= 15 is 0 Å². The summed E-state index contributed by atoms with van der Waals surface area (Å²) in [6.07, 6.45) is 7.94. The molecule has 1 unspecified atom stereocenters. The maximum Gasteiger partial charge on any atom is 0.253 e. The molecule has 1 fully saturated rings. The maximum atomic E-state index is 13.7. The number of nitrogens with zero attached hydrogens (tertiary/aromatic N) is 4. The first-order chi connectivity index (χ1) is 18.6. The maximum absolute atomic E-state index is 13.7. The Morgan fingerprint density at radius 3 is 2.59 bits per heavy atom. The van der Waals surface area contributed by atoms with Crippen molar-refractivity contribution in [2.45, 2.75) is 40.3 Å². The van der Waals surface area contributed by atoms with Crippen LogP contribution in [0.1, 0.15) is 36.2 Å². The largest absolute Gasteiger partial charge is 0.354 e. The quantitative estimate of drug-likeness (QED) is 0.572. The molecule has 1 amide bonds. The number of carbonyl (C=O) groups excluding carboxylic acids is 1. The molecular weight excluding hydrogens is 512 g/mol. The number of anilines is 1. The van der Waals surface area contributed by atoms with Crippen LogP contribution in [0.5, 0.6) is 0 Å². The lowest BCUT2D eigenvalue weighted by Crippen LogP contribution is -2.44. The molecule has 4 heterocycles. The summed E-state index contributed by atoms with van der Waals surface area (Å²) >= 11 is 6.75. The predicted octanol–water partition coefficient (Wildman–Crippen LogP) is 3.77. The molecule has 0 radical (unpaired) electrons. The molecule has 2 aromatic rings. The van der Waals surface area contributed by atoms with Gasteiger partial charge in [0.25, 0.3) is 5.56 Å². The Morgan fingerprint density at radius 1 is 1.21 bits per heavy atom. The Bertz CT molecular complexity index is 1400. The summed E-state index contributed by atoms with van der Waals surface area (Å²) in [7, 11) is 2.14. The summed E-state index contributed by atoms with van der Waals surface area (Å²) in [5.74, 6) is 0.0141. The molecule has 2 aliphatic heterocycles. The second-order valence-corrected chi connectivity index (χ2v) is 11.5. The van der Waals surface area contributed by atoms with Crippen molar-refractivity contribution < 1.29 is 4.79 Å². The van der Waals surface area contributed by atoms with E-state index in [0.717, 1.165) is 60.1 Å². The Labute approximate surface area is 235 Å². The van der Waals surface area contributed by atoms with Gasteiger partial charge in [0.05, 0.1) is 11.8 Å². The molecular formula is C30H37ClN6O2. The first-order valence-corrected chi connectivity index (χ1v) is 14.0. The molecule has 8 nitrogen and oxygen atoms in total. The van der Waals surface area contributed by atoms with Crippen molar-refractivity contribution in [2.75, 3.05) is 38.1 Å². The number of nitrogens with one attached hydrogen (secondary N) is 2. The number of hydrogen-bond donors (Lipinski definition) is 2. The van der Waals surface area contributed by atoms with Crippen molar-refractivity contribution >= 4 is 28.9 Å². The van der Waals surface area contributed by atoms with Crippen molar-refractivity contribution in [3.8, 4) is 0 Å². The molecule has 0 spiro atoms. The second kappa shape index (κ2) is 11.0. The zero-order valence-electron chi connectivity index (χ0n) is 23.3. The van der Waals surface area contributed by atoms with Crippen LogP contribution in [0.2, 0.25) is 0 Å². The van der Waals surface area contributed by atoms with Crippen LogP contribution >= 0.6 is 11.6 Å². The van der Waals surface area contributed by atoms with Crippen molar-refractivity contribution in [1.82, 2.24) is 25.1 Å². The highest BCUT2D eigenvalue weighted by atomic mass is 35.5. The lowest BCUT2D eigenvalue weighted by molar-refractivity contribution is -0.124. The Morgan fingerprint density at radius 2 is 1.95 bits per heavy atom. The highest BCUT2D eigenvalue weighted by Crippen LogP contribution is 2.46. The summed E-state index contributed by atoms with van der Waals surface area (Å²) in [5, 5.41) is 3.65. The van der Waals surface area contributed by atoms with Gasteiger partial charge in [-0.1, -0.05) is 17.7 Å². The van der Waals surface area contributed by atoms with Crippen LogP contribution in [-0.2, 0) is 11.3 Å². The third kappa shape index (κ3) is 5.54. The van der Waals surface area contributed by atoms with E-state index in [1.807, 2.05) is 38.4 Å². The van der Waals surface area contributed by atoms with Crippen molar-refractivity contribution in [1.29, 1.82) is 0 Å². The highest BCUT2D eigenvalue weighted by molar-refractivity contribution is 6.30. The van der Waals surface area contributed by atoms with Gasteiger partial charge in [0, 0.05) is 73.1 Å². The van der Waals surface area contributed by atoms with Gasteiger partial charge in [0.15, 0.2) is 0 Å². The minimum atomic E-state index is -0.519. The number of amides is 1. The molecule has 2 N–H and O–H groups in total. The summed E-state index contributed by atoms with van der Waals surface area (Å²) in [6, 6.07) is 6.24. The number of carbonyl (C=O) groups is 1. The molecule has 0 bridgehead atoms. The topological polar surface area (TPSA) is 84.6 Å². The molecule has 1 saturated heterocycles. The van der Waals surface area contributed by atoms with E-state index in [4.69, 9.17) is 16.6 Å². The van der Waals surface area contributed by atoms with Gasteiger partial charge in [-0.3, -0.25) is 9.59 Å². The van der Waals surface area contributed by atoms with E-state index in [-0.39, 0.29) is 30.0 Å². The number of aromatic amines is 1. The van der Waals surface area contributed by atoms with E-state index < -0.39 is 5.92 Å². The standard InChI is InChI=1S/C30H37ClN6O2/c1-18(2)37-17-25(31)28-23(29(38)33-16-24-19(3)12-20(4)34-30(24)39)13-22(14-26(28)37)21-6-7-27(32-15-21)36-10-8-35(5)9-11-36/h6-7,12-15,17-18,23,28H,8-11,16H2,1-5H3,(H,33,38)(H,34,39)/t23?,28-/m0/s1. The summed E-state index contributed by atoms with van der Waals surface area (Å²) in [4.78, 5) is 40.6. The fourth-order valence-electron chi connectivity index (χ4n) is 5.63. The van der Waals surface area contributed by atoms with E-state index in [9.17, 15) is 9.59 Å². The number of hydrogen-bond acceptors (Lipinski definition) is 6. The van der Waals surface area contributed by atoms with Crippen LogP contribution < -0.4 is 15.8 Å². The molecule has 0 aromatic carbocycles. The van der Waals surface area contributed by atoms with E-state index in [0.29, 0.717) is 10.6 Å². The molecule has 39 heavy (non-hydrogen) atoms. The zero-order chi connectivity index (χ0) is 27.8. The number of piperazine rings is 1. The molecule has 1 aliphatic carbocycles. The van der Waals surface area contributed by atoms with Crippen LogP contribution in [0.3, 0.4) is 0 Å². The van der Waals surface area contributed by atoms with Crippen LogP contribution in [0.4, 0.5) is 5.82 Å². The van der Waals surface area contributed by atoms with Crippen LogP contribution in [-0.4, -0.2) is 64.9 Å². The monoisotopic (exact) mass is 548 g/mol. The third-order valence-electron chi connectivity index (χ3n) is 7.90. The van der Waals surface area contributed by atoms with Crippen LogP contribution in [0, 0.1) is 25.7 Å². The van der Waals surface area contributed by atoms with Gasteiger partial charge in [-0.2, -0.15) is 0 Å². The molecule has 5 rings (SSSR count). The van der Waals surface area contributed by atoms with Gasteiger partial charge in [0.1, 0.15) is 5.82 Å². The molecule has 9 heteroatoms. The van der Waals surface area contributed by atoms with Crippen molar-refractivity contribution in [3.05, 3.63) is 86.2 Å². The minimum Gasteiger partial charge on any atom is -0.354 e. The summed E-state index contributed by atoms with van der Waals surface area (Å²) in [6.45, 7) is 12.1. The lowest BCUT2D eigenvalue weighted by Gasteiger charge is -2.33. The molecule has 2 aromatic heterocycles. The number of aryl methyl sites for hydroxylation is 2. The number of H-pyrrole nitrogens is 1.